The Labute approximate surface area is 133 Å². The van der Waals surface area contributed by atoms with Gasteiger partial charge in [-0.25, -0.2) is 0 Å². The molecule has 0 aromatic heterocycles. The van der Waals surface area contributed by atoms with Gasteiger partial charge in [-0.15, -0.1) is 0 Å². The molecule has 0 bridgehead atoms. The van der Waals surface area contributed by atoms with Gasteiger partial charge in [-0.1, -0.05) is 26.7 Å². The van der Waals surface area contributed by atoms with Crippen LogP contribution in [0.2, 0.25) is 18.1 Å². The molecule has 1 aliphatic heterocycles. The number of hydrogen-bond acceptors (Lipinski definition) is 3. The third-order valence-electron chi connectivity index (χ3n) is 4.07. The second-order valence-corrected chi connectivity index (χ2v) is 12.4. The topological polar surface area (TPSA) is 27.7 Å². The van der Waals surface area contributed by atoms with Crippen LogP contribution in [0.25, 0.3) is 0 Å². The van der Waals surface area contributed by atoms with E-state index in [1.807, 2.05) is 13.8 Å². The van der Waals surface area contributed by atoms with E-state index in [0.717, 1.165) is 0 Å². The molecule has 20 heavy (non-hydrogen) atoms. The summed E-state index contributed by atoms with van der Waals surface area (Å²) in [4.78, 5) is 2.77. The molecule has 1 aliphatic rings. The average molecular weight is 363 g/mol. The normalized spacial score (nSPS) is 24.1. The minimum atomic E-state index is -1.85. The van der Waals surface area contributed by atoms with E-state index in [1.54, 1.807) is 0 Å². The molecule has 3 nitrogen and oxygen atoms in total. The minimum absolute atomic E-state index is 0.0392. The zero-order chi connectivity index (χ0) is 15.6. The lowest BCUT2D eigenvalue weighted by Gasteiger charge is -2.40. The number of rotatable bonds is 4. The fourth-order valence-corrected chi connectivity index (χ4v) is 3.35. The van der Waals surface area contributed by atoms with Gasteiger partial charge in [0.25, 0.3) is 0 Å². The van der Waals surface area contributed by atoms with Crippen LogP contribution in [-0.2, 0) is 13.9 Å². The molecule has 0 aliphatic carbocycles. The van der Waals surface area contributed by atoms with Gasteiger partial charge in [0.1, 0.15) is 6.10 Å². The van der Waals surface area contributed by atoms with E-state index in [0.29, 0.717) is 13.0 Å². The van der Waals surface area contributed by atoms with Gasteiger partial charge in [-0.3, -0.25) is 0 Å². The maximum Gasteiger partial charge on any atom is 0.192 e. The highest BCUT2D eigenvalue weighted by molar-refractivity contribution is 9.12. The first-order chi connectivity index (χ1) is 8.98. The Balaban J connectivity index is 2.82. The Morgan fingerprint density at radius 2 is 2.00 bits per heavy atom. The lowest BCUT2D eigenvalue weighted by molar-refractivity contribution is -0.149. The van der Waals surface area contributed by atoms with Gasteiger partial charge in [-0.2, -0.15) is 0 Å². The molecule has 5 heteroatoms. The second kappa shape index (κ2) is 6.49. The van der Waals surface area contributed by atoms with Crippen molar-refractivity contribution < 1.29 is 13.9 Å². The number of ether oxygens (including phenoxy) is 2. The molecular formula is C15H27BrO3Si. The van der Waals surface area contributed by atoms with E-state index in [9.17, 15) is 0 Å². The summed E-state index contributed by atoms with van der Waals surface area (Å²) in [5.41, 5.74) is 0. The maximum absolute atomic E-state index is 6.49. The van der Waals surface area contributed by atoms with Crippen LogP contribution in [-0.4, -0.2) is 32.9 Å². The van der Waals surface area contributed by atoms with E-state index in [2.05, 4.69) is 60.5 Å². The Morgan fingerprint density at radius 3 is 2.40 bits per heavy atom. The molecule has 0 N–H and O–H groups in total. The van der Waals surface area contributed by atoms with Crippen LogP contribution >= 0.6 is 15.9 Å². The predicted molar refractivity (Wildman–Crippen MR) is 88.3 cm³/mol. The number of halogens is 1. The largest absolute Gasteiger partial charge is 0.410 e. The zero-order valence-electron chi connectivity index (χ0n) is 13.7. The molecule has 116 valence electrons. The molecule has 1 rings (SSSR count). The van der Waals surface area contributed by atoms with E-state index in [1.165, 1.54) is 0 Å². The fourth-order valence-electron chi connectivity index (χ4n) is 1.84. The van der Waals surface area contributed by atoms with E-state index in [4.69, 9.17) is 13.9 Å². The van der Waals surface area contributed by atoms with Crippen molar-refractivity contribution in [2.45, 2.75) is 77.2 Å². The zero-order valence-corrected chi connectivity index (χ0v) is 16.3. The quantitative estimate of drug-likeness (QED) is 0.551. The Kier molecular flexibility index (Phi) is 5.90. The fraction of sp³-hybridized carbons (Fsp3) is 0.867. The third kappa shape index (κ3) is 4.85. The molecule has 0 saturated carbocycles. The second-order valence-electron chi connectivity index (χ2n) is 7.26. The molecule has 1 heterocycles. The first-order valence-corrected chi connectivity index (χ1v) is 10.8. The molecule has 1 saturated heterocycles. The van der Waals surface area contributed by atoms with Crippen molar-refractivity contribution in [2.24, 2.45) is 0 Å². The van der Waals surface area contributed by atoms with E-state index in [-0.39, 0.29) is 17.2 Å². The molecular weight excluding hydrogens is 336 g/mol. The molecule has 0 amide bonds. The Bertz CT molecular complexity index is 390. The summed E-state index contributed by atoms with van der Waals surface area (Å²) in [6.45, 7) is 15.7. The minimum Gasteiger partial charge on any atom is -0.410 e. The van der Waals surface area contributed by atoms with Gasteiger partial charge in [-0.05, 0) is 36.8 Å². The lowest BCUT2D eigenvalue weighted by Crippen LogP contribution is -2.47. The Hall–Kier alpha value is 0.137. The summed E-state index contributed by atoms with van der Waals surface area (Å²) in [6.07, 6.45) is 0.567. The first-order valence-electron chi connectivity index (χ1n) is 7.06. The van der Waals surface area contributed by atoms with Gasteiger partial charge in [0.2, 0.25) is 0 Å². The van der Waals surface area contributed by atoms with Gasteiger partial charge in [0.05, 0.1) is 12.7 Å². The molecule has 0 radical (unpaired) electrons. The van der Waals surface area contributed by atoms with Crippen LogP contribution in [0.4, 0.5) is 0 Å². The maximum atomic E-state index is 6.49. The van der Waals surface area contributed by atoms with Crippen LogP contribution in [0.5, 0.6) is 0 Å². The predicted octanol–water partition coefficient (Wildman–Crippen LogP) is 4.27. The van der Waals surface area contributed by atoms with Crippen molar-refractivity contribution in [1.29, 1.82) is 0 Å². The summed E-state index contributed by atoms with van der Waals surface area (Å²) in [6, 6.07) is 0. The van der Waals surface area contributed by atoms with Crippen LogP contribution in [0.15, 0.2) is 0 Å². The van der Waals surface area contributed by atoms with Gasteiger partial charge >= 0.3 is 0 Å². The van der Waals surface area contributed by atoms with Crippen LogP contribution in [0, 0.1) is 10.8 Å². The smallest absolute Gasteiger partial charge is 0.192 e. The van der Waals surface area contributed by atoms with Gasteiger partial charge in [0.15, 0.2) is 14.1 Å². The van der Waals surface area contributed by atoms with Gasteiger partial charge < -0.3 is 13.9 Å². The number of hydrogen-bond donors (Lipinski definition) is 0. The van der Waals surface area contributed by atoms with Crippen LogP contribution < -0.4 is 0 Å². The average Bonchev–Trinajstić information content (AvgIpc) is 2.63. The summed E-state index contributed by atoms with van der Waals surface area (Å²) in [5, 5.41) is 0.169. The molecule has 0 spiro atoms. The van der Waals surface area contributed by atoms with Gasteiger partial charge in [0, 0.05) is 22.4 Å². The van der Waals surface area contributed by atoms with Crippen molar-refractivity contribution in [1.82, 2.24) is 0 Å². The summed E-state index contributed by atoms with van der Waals surface area (Å²) >= 11 is 3.15. The molecule has 0 aromatic rings. The van der Waals surface area contributed by atoms with E-state index >= 15 is 0 Å². The first kappa shape index (κ1) is 18.2. The monoisotopic (exact) mass is 362 g/mol. The van der Waals surface area contributed by atoms with Crippen molar-refractivity contribution in [3.8, 4) is 10.8 Å². The SMILES string of the molecule is CC1(C)OC[C@@H]([C@@H](CC#CBr)O[Si](C)(C)C(C)(C)C)O1. The van der Waals surface area contributed by atoms with E-state index < -0.39 is 14.1 Å². The lowest BCUT2D eigenvalue weighted by atomic mass is 10.1. The summed E-state index contributed by atoms with van der Waals surface area (Å²) in [5.74, 6) is 2.53. The van der Waals surface area contributed by atoms with Crippen LogP contribution in [0.1, 0.15) is 41.0 Å². The van der Waals surface area contributed by atoms with Crippen molar-refractivity contribution in [3.63, 3.8) is 0 Å². The van der Waals surface area contributed by atoms with Crippen molar-refractivity contribution in [3.05, 3.63) is 0 Å². The van der Waals surface area contributed by atoms with Crippen LogP contribution in [0.3, 0.4) is 0 Å². The third-order valence-corrected chi connectivity index (χ3v) is 8.85. The van der Waals surface area contributed by atoms with Crippen molar-refractivity contribution in [2.75, 3.05) is 6.61 Å². The molecule has 0 unspecified atom stereocenters. The molecule has 1 fully saturated rings. The highest BCUT2D eigenvalue weighted by atomic mass is 79.9. The highest BCUT2D eigenvalue weighted by Gasteiger charge is 2.44. The molecule has 0 aromatic carbocycles. The summed E-state index contributed by atoms with van der Waals surface area (Å²) in [7, 11) is -1.85. The van der Waals surface area contributed by atoms with Crippen molar-refractivity contribution >= 4 is 24.2 Å². The summed E-state index contributed by atoms with van der Waals surface area (Å²) < 4.78 is 18.1. The highest BCUT2D eigenvalue weighted by Crippen LogP contribution is 2.39. The molecule has 2 atom stereocenters. The standard InChI is InChI=1S/C15H27BrO3Si/c1-14(2,3)20(6,7)19-12(9-8-10-16)13-11-17-15(4,5)18-13/h12-13H,9,11H2,1-7H3/t12-,13+/m1/s1. The Morgan fingerprint density at radius 1 is 1.40 bits per heavy atom.